The van der Waals surface area contributed by atoms with Gasteiger partial charge < -0.3 is 10.5 Å². The first-order valence-electron chi connectivity index (χ1n) is 5.83. The summed E-state index contributed by atoms with van der Waals surface area (Å²) in [6, 6.07) is 0. The number of ether oxygens (including phenoxy) is 1. The quantitative estimate of drug-likeness (QED) is 0.860. The Hall–Kier alpha value is -0.620. The molecular formula is C11H19ClN4O. The number of halogens is 1. The van der Waals surface area contributed by atoms with E-state index < -0.39 is 0 Å². The minimum absolute atomic E-state index is 0.138. The fourth-order valence-electron chi connectivity index (χ4n) is 2.14. The molecule has 2 heterocycles. The molecular weight excluding hydrogens is 240 g/mol. The van der Waals surface area contributed by atoms with Gasteiger partial charge in [0.05, 0.1) is 18.4 Å². The number of hydrogen-bond acceptors (Lipinski definition) is 4. The van der Waals surface area contributed by atoms with E-state index in [-0.39, 0.29) is 6.10 Å². The zero-order chi connectivity index (χ0) is 12.4. The Morgan fingerprint density at radius 3 is 2.94 bits per heavy atom. The Morgan fingerprint density at radius 1 is 1.59 bits per heavy atom. The van der Waals surface area contributed by atoms with E-state index in [0.29, 0.717) is 6.54 Å². The van der Waals surface area contributed by atoms with Crippen molar-refractivity contribution in [3.05, 3.63) is 16.4 Å². The van der Waals surface area contributed by atoms with Crippen molar-refractivity contribution in [1.82, 2.24) is 14.7 Å². The largest absolute Gasteiger partial charge is 0.374 e. The van der Waals surface area contributed by atoms with E-state index in [9.17, 15) is 0 Å². The van der Waals surface area contributed by atoms with Gasteiger partial charge in [0, 0.05) is 38.8 Å². The number of nitrogens with zero attached hydrogens (tertiary/aromatic N) is 3. The molecule has 0 saturated carbocycles. The van der Waals surface area contributed by atoms with Crippen molar-refractivity contribution in [2.24, 2.45) is 12.8 Å². The fraction of sp³-hybridized carbons (Fsp3) is 0.727. The molecule has 1 unspecified atom stereocenters. The van der Waals surface area contributed by atoms with Gasteiger partial charge in [-0.15, -0.1) is 0 Å². The third-order valence-corrected chi connectivity index (χ3v) is 3.61. The number of aryl methyl sites for hydroxylation is 2. The van der Waals surface area contributed by atoms with Crippen molar-refractivity contribution >= 4 is 11.6 Å². The van der Waals surface area contributed by atoms with Crippen LogP contribution in [-0.2, 0) is 18.3 Å². The zero-order valence-electron chi connectivity index (χ0n) is 10.3. The van der Waals surface area contributed by atoms with Gasteiger partial charge in [0.2, 0.25) is 0 Å². The van der Waals surface area contributed by atoms with Crippen LogP contribution in [0.5, 0.6) is 0 Å². The number of rotatable bonds is 3. The molecule has 1 aromatic rings. The Balaban J connectivity index is 2.05. The lowest BCUT2D eigenvalue weighted by Crippen LogP contribution is -2.45. The predicted octanol–water partition coefficient (Wildman–Crippen LogP) is 0.541. The van der Waals surface area contributed by atoms with E-state index in [1.54, 1.807) is 4.68 Å². The Morgan fingerprint density at radius 2 is 2.35 bits per heavy atom. The third kappa shape index (κ3) is 2.80. The lowest BCUT2D eigenvalue weighted by atomic mass is 10.2. The van der Waals surface area contributed by atoms with Gasteiger partial charge in [-0.3, -0.25) is 9.58 Å². The standard InChI is InChI=1S/C11H19ClN4O/c1-8-10(11(12)15(2)14-8)7-16-3-4-17-9(5-13)6-16/h9H,3-7,13H2,1-2H3. The van der Waals surface area contributed by atoms with Crippen LogP contribution < -0.4 is 5.73 Å². The maximum Gasteiger partial charge on any atom is 0.131 e. The second-order valence-electron chi connectivity index (χ2n) is 4.44. The minimum Gasteiger partial charge on any atom is -0.374 e. The molecule has 6 heteroatoms. The first-order chi connectivity index (χ1) is 8.11. The van der Waals surface area contributed by atoms with Gasteiger partial charge in [-0.05, 0) is 6.92 Å². The van der Waals surface area contributed by atoms with Gasteiger partial charge in [-0.2, -0.15) is 5.10 Å². The smallest absolute Gasteiger partial charge is 0.131 e. The summed E-state index contributed by atoms with van der Waals surface area (Å²) in [6.07, 6.45) is 0.138. The molecule has 0 bridgehead atoms. The summed E-state index contributed by atoms with van der Waals surface area (Å²) in [6.45, 7) is 5.89. The van der Waals surface area contributed by atoms with Crippen LogP contribution in [0.4, 0.5) is 0 Å². The van der Waals surface area contributed by atoms with Crippen molar-refractivity contribution in [2.45, 2.75) is 19.6 Å². The van der Waals surface area contributed by atoms with Crippen molar-refractivity contribution < 1.29 is 4.74 Å². The molecule has 0 amide bonds. The second kappa shape index (κ2) is 5.35. The van der Waals surface area contributed by atoms with Crippen molar-refractivity contribution in [3.63, 3.8) is 0 Å². The Kier molecular flexibility index (Phi) is 4.04. The third-order valence-electron chi connectivity index (χ3n) is 3.14. The van der Waals surface area contributed by atoms with Crippen LogP contribution in [-0.4, -0.2) is 47.0 Å². The van der Waals surface area contributed by atoms with Crippen molar-refractivity contribution in [1.29, 1.82) is 0 Å². The zero-order valence-corrected chi connectivity index (χ0v) is 11.1. The number of nitrogens with two attached hydrogens (primary N) is 1. The van der Waals surface area contributed by atoms with Gasteiger partial charge in [0.15, 0.2) is 0 Å². The summed E-state index contributed by atoms with van der Waals surface area (Å²) < 4.78 is 7.26. The van der Waals surface area contributed by atoms with E-state index in [0.717, 1.165) is 42.7 Å². The fourth-order valence-corrected chi connectivity index (χ4v) is 2.38. The van der Waals surface area contributed by atoms with Crippen molar-refractivity contribution in [3.8, 4) is 0 Å². The SMILES string of the molecule is Cc1nn(C)c(Cl)c1CN1CCOC(CN)C1. The molecule has 0 spiro atoms. The van der Waals surface area contributed by atoms with Crippen LogP contribution in [0.25, 0.3) is 0 Å². The van der Waals surface area contributed by atoms with Gasteiger partial charge in [-0.25, -0.2) is 0 Å². The topological polar surface area (TPSA) is 56.3 Å². The van der Waals surface area contributed by atoms with E-state index in [1.165, 1.54) is 0 Å². The molecule has 1 aliphatic heterocycles. The summed E-state index contributed by atoms with van der Waals surface area (Å²) >= 11 is 6.22. The Bertz CT molecular complexity index is 393. The molecule has 2 rings (SSSR count). The second-order valence-corrected chi connectivity index (χ2v) is 4.80. The van der Waals surface area contributed by atoms with Gasteiger partial charge in [0.1, 0.15) is 5.15 Å². The molecule has 1 atom stereocenters. The highest BCUT2D eigenvalue weighted by molar-refractivity contribution is 6.30. The highest BCUT2D eigenvalue weighted by Crippen LogP contribution is 2.21. The molecule has 5 nitrogen and oxygen atoms in total. The molecule has 2 N–H and O–H groups in total. The number of hydrogen-bond donors (Lipinski definition) is 1. The summed E-state index contributed by atoms with van der Waals surface area (Å²) in [7, 11) is 1.86. The molecule has 17 heavy (non-hydrogen) atoms. The van der Waals surface area contributed by atoms with Gasteiger partial charge in [-0.1, -0.05) is 11.6 Å². The molecule has 0 aliphatic carbocycles. The summed E-state index contributed by atoms with van der Waals surface area (Å²) in [5, 5.41) is 5.04. The van der Waals surface area contributed by atoms with Crippen LogP contribution in [0, 0.1) is 6.92 Å². The van der Waals surface area contributed by atoms with Crippen LogP contribution in [0.1, 0.15) is 11.3 Å². The maximum atomic E-state index is 6.22. The molecule has 96 valence electrons. The van der Waals surface area contributed by atoms with E-state index in [2.05, 4.69) is 10.00 Å². The van der Waals surface area contributed by atoms with Crippen LogP contribution >= 0.6 is 11.6 Å². The molecule has 0 radical (unpaired) electrons. The lowest BCUT2D eigenvalue weighted by molar-refractivity contribution is -0.0261. The van der Waals surface area contributed by atoms with Crippen LogP contribution in [0.15, 0.2) is 0 Å². The van der Waals surface area contributed by atoms with Gasteiger partial charge in [0.25, 0.3) is 0 Å². The predicted molar refractivity (Wildman–Crippen MR) is 67.0 cm³/mol. The lowest BCUT2D eigenvalue weighted by Gasteiger charge is -2.32. The summed E-state index contributed by atoms with van der Waals surface area (Å²) in [4.78, 5) is 2.32. The van der Waals surface area contributed by atoms with Gasteiger partial charge >= 0.3 is 0 Å². The number of aromatic nitrogens is 2. The maximum absolute atomic E-state index is 6.22. The normalized spacial score (nSPS) is 22.0. The first kappa shape index (κ1) is 12.8. The highest BCUT2D eigenvalue weighted by Gasteiger charge is 2.21. The van der Waals surface area contributed by atoms with E-state index in [4.69, 9.17) is 22.1 Å². The minimum atomic E-state index is 0.138. The number of morpholine rings is 1. The average molecular weight is 259 g/mol. The molecule has 1 fully saturated rings. The summed E-state index contributed by atoms with van der Waals surface area (Å²) in [5.41, 5.74) is 7.73. The molecule has 0 aromatic carbocycles. The molecule has 1 aliphatic rings. The average Bonchev–Trinajstić information content (AvgIpc) is 2.56. The van der Waals surface area contributed by atoms with Crippen molar-refractivity contribution in [2.75, 3.05) is 26.2 Å². The Labute approximate surface area is 106 Å². The van der Waals surface area contributed by atoms with Crippen LogP contribution in [0.3, 0.4) is 0 Å². The molecule has 1 aromatic heterocycles. The monoisotopic (exact) mass is 258 g/mol. The van der Waals surface area contributed by atoms with E-state index in [1.807, 2.05) is 14.0 Å². The first-order valence-corrected chi connectivity index (χ1v) is 6.21. The van der Waals surface area contributed by atoms with E-state index >= 15 is 0 Å². The highest BCUT2D eigenvalue weighted by atomic mass is 35.5. The molecule has 1 saturated heterocycles. The summed E-state index contributed by atoms with van der Waals surface area (Å²) in [5.74, 6) is 0. The van der Waals surface area contributed by atoms with Crippen LogP contribution in [0.2, 0.25) is 5.15 Å².